The molecule has 0 fully saturated rings. The second-order valence-electron chi connectivity index (χ2n) is 6.41. The molecule has 0 saturated carbocycles. The summed E-state index contributed by atoms with van der Waals surface area (Å²) < 4.78 is 13.3. The Balaban J connectivity index is 2.23. The molecule has 3 aromatic rings. The zero-order valence-electron chi connectivity index (χ0n) is 13.7. The number of hydrogen-bond donors (Lipinski definition) is 1. The summed E-state index contributed by atoms with van der Waals surface area (Å²) in [5.41, 5.74) is 3.54. The molecule has 1 N–H and O–H groups in total. The zero-order chi connectivity index (χ0) is 16.7. The van der Waals surface area contributed by atoms with E-state index >= 15 is 0 Å². The number of aromatic nitrogens is 3. The molecule has 4 nitrogen and oxygen atoms in total. The summed E-state index contributed by atoms with van der Waals surface area (Å²) in [5, 5.41) is 19.3. The zero-order valence-corrected chi connectivity index (χ0v) is 13.7. The van der Waals surface area contributed by atoms with E-state index in [4.69, 9.17) is 0 Å². The third-order valence-electron chi connectivity index (χ3n) is 3.99. The van der Waals surface area contributed by atoms with Crippen molar-refractivity contribution in [3.8, 4) is 11.4 Å². The molecule has 0 aliphatic rings. The van der Waals surface area contributed by atoms with Gasteiger partial charge in [0, 0.05) is 6.07 Å². The normalized spacial score (nSPS) is 11.8. The molecule has 23 heavy (non-hydrogen) atoms. The van der Waals surface area contributed by atoms with E-state index in [0.29, 0.717) is 22.6 Å². The molecule has 0 saturated heterocycles. The van der Waals surface area contributed by atoms with Gasteiger partial charge in [0.15, 0.2) is 0 Å². The van der Waals surface area contributed by atoms with Crippen LogP contribution in [0.2, 0.25) is 0 Å². The molecule has 1 aromatic heterocycles. The van der Waals surface area contributed by atoms with Crippen molar-refractivity contribution in [3.05, 3.63) is 47.3 Å². The first-order chi connectivity index (χ1) is 10.9. The van der Waals surface area contributed by atoms with Crippen molar-refractivity contribution in [1.29, 1.82) is 0 Å². The first-order valence-electron chi connectivity index (χ1n) is 7.76. The first-order valence-corrected chi connectivity index (χ1v) is 7.76. The largest absolute Gasteiger partial charge is 0.505 e. The van der Waals surface area contributed by atoms with Crippen LogP contribution in [0.1, 0.15) is 50.7 Å². The molecule has 0 amide bonds. The summed E-state index contributed by atoms with van der Waals surface area (Å²) in [4.78, 5) is 1.39. The third-order valence-corrected chi connectivity index (χ3v) is 3.99. The van der Waals surface area contributed by atoms with Crippen LogP contribution < -0.4 is 0 Å². The number of nitrogens with zero attached hydrogens (tertiary/aromatic N) is 3. The molecule has 0 unspecified atom stereocenters. The smallest absolute Gasteiger partial charge is 0.146 e. The molecule has 0 bridgehead atoms. The highest BCUT2D eigenvalue weighted by Gasteiger charge is 2.17. The van der Waals surface area contributed by atoms with E-state index in [1.54, 1.807) is 6.07 Å². The second kappa shape index (κ2) is 5.65. The number of phenolic OH excluding ortho intramolecular Hbond substituents is 1. The number of benzene rings is 2. The summed E-state index contributed by atoms with van der Waals surface area (Å²) in [5.74, 6) is 0.307. The monoisotopic (exact) mass is 313 g/mol. The fraction of sp³-hybridized carbons (Fsp3) is 0.333. The van der Waals surface area contributed by atoms with Gasteiger partial charge in [-0.2, -0.15) is 0 Å². The van der Waals surface area contributed by atoms with Gasteiger partial charge in [-0.15, -0.1) is 15.0 Å². The Hall–Kier alpha value is -2.43. The van der Waals surface area contributed by atoms with Crippen LogP contribution in [-0.2, 0) is 0 Å². The van der Waals surface area contributed by atoms with Gasteiger partial charge in [0.2, 0.25) is 0 Å². The van der Waals surface area contributed by atoms with Gasteiger partial charge in [-0.3, -0.25) is 0 Å². The standard InChI is InChI=1S/C18H20FN3O/c1-10(2)12-7-14(11(3)4)18(23)17(8-12)22-20-15-6-5-13(19)9-16(15)21-22/h5-11,23H,1-4H3. The Labute approximate surface area is 134 Å². The molecule has 1 heterocycles. The summed E-state index contributed by atoms with van der Waals surface area (Å²) in [6, 6.07) is 8.19. The van der Waals surface area contributed by atoms with Crippen molar-refractivity contribution >= 4 is 11.0 Å². The summed E-state index contributed by atoms with van der Waals surface area (Å²) >= 11 is 0. The van der Waals surface area contributed by atoms with E-state index < -0.39 is 0 Å². The SMILES string of the molecule is CC(C)c1cc(C(C)C)c(O)c(-n2nc3ccc(F)cc3n2)c1. The number of rotatable bonds is 3. The maximum Gasteiger partial charge on any atom is 0.146 e. The van der Waals surface area contributed by atoms with Crippen molar-refractivity contribution < 1.29 is 9.50 Å². The fourth-order valence-electron chi connectivity index (χ4n) is 2.59. The Bertz CT molecular complexity index is 868. The van der Waals surface area contributed by atoms with Crippen LogP contribution in [0.4, 0.5) is 4.39 Å². The van der Waals surface area contributed by atoms with Crippen LogP contribution in [0.3, 0.4) is 0 Å². The lowest BCUT2D eigenvalue weighted by Crippen LogP contribution is -2.04. The predicted molar refractivity (Wildman–Crippen MR) is 88.7 cm³/mol. The second-order valence-corrected chi connectivity index (χ2v) is 6.41. The topological polar surface area (TPSA) is 50.9 Å². The molecule has 0 spiro atoms. The van der Waals surface area contributed by atoms with E-state index in [9.17, 15) is 9.50 Å². The van der Waals surface area contributed by atoms with Crippen molar-refractivity contribution in [2.75, 3.05) is 0 Å². The van der Waals surface area contributed by atoms with Gasteiger partial charge < -0.3 is 5.11 Å². The van der Waals surface area contributed by atoms with E-state index in [1.807, 2.05) is 26.0 Å². The molecule has 2 aromatic carbocycles. The summed E-state index contributed by atoms with van der Waals surface area (Å²) in [6.07, 6.45) is 0. The molecular formula is C18H20FN3O. The Morgan fingerprint density at radius 3 is 2.30 bits per heavy atom. The van der Waals surface area contributed by atoms with Gasteiger partial charge in [-0.25, -0.2) is 4.39 Å². The number of phenols is 1. The predicted octanol–water partition coefficient (Wildman–Crippen LogP) is 4.51. The highest BCUT2D eigenvalue weighted by atomic mass is 19.1. The molecular weight excluding hydrogens is 293 g/mol. The van der Waals surface area contributed by atoms with Crippen LogP contribution in [0.15, 0.2) is 30.3 Å². The van der Waals surface area contributed by atoms with Crippen molar-refractivity contribution in [2.45, 2.75) is 39.5 Å². The Morgan fingerprint density at radius 2 is 1.65 bits per heavy atom. The average molecular weight is 313 g/mol. The van der Waals surface area contributed by atoms with E-state index in [1.165, 1.54) is 16.9 Å². The molecule has 3 rings (SSSR count). The van der Waals surface area contributed by atoms with E-state index in [2.05, 4.69) is 24.0 Å². The van der Waals surface area contributed by atoms with Gasteiger partial charge in [-0.1, -0.05) is 33.8 Å². The van der Waals surface area contributed by atoms with Crippen LogP contribution in [0.5, 0.6) is 5.75 Å². The highest BCUT2D eigenvalue weighted by molar-refractivity contribution is 5.74. The van der Waals surface area contributed by atoms with Crippen molar-refractivity contribution in [1.82, 2.24) is 15.0 Å². The van der Waals surface area contributed by atoms with Gasteiger partial charge in [0.1, 0.15) is 28.3 Å². The van der Waals surface area contributed by atoms with Gasteiger partial charge >= 0.3 is 0 Å². The minimum atomic E-state index is -0.354. The lowest BCUT2D eigenvalue weighted by molar-refractivity contribution is 0.457. The minimum Gasteiger partial charge on any atom is -0.505 e. The third kappa shape index (κ3) is 2.79. The van der Waals surface area contributed by atoms with Crippen LogP contribution in [0, 0.1) is 5.82 Å². The highest BCUT2D eigenvalue weighted by Crippen LogP contribution is 2.35. The molecule has 0 aliphatic heterocycles. The van der Waals surface area contributed by atoms with Crippen molar-refractivity contribution in [2.24, 2.45) is 0 Å². The van der Waals surface area contributed by atoms with Gasteiger partial charge in [0.25, 0.3) is 0 Å². The van der Waals surface area contributed by atoms with Crippen LogP contribution in [-0.4, -0.2) is 20.1 Å². The lowest BCUT2D eigenvalue weighted by atomic mass is 9.94. The average Bonchev–Trinajstić information content (AvgIpc) is 2.89. The number of fused-ring (bicyclic) bond motifs is 1. The first kappa shape index (κ1) is 15.5. The number of aromatic hydroxyl groups is 1. The van der Waals surface area contributed by atoms with Crippen LogP contribution >= 0.6 is 0 Å². The fourth-order valence-corrected chi connectivity index (χ4v) is 2.59. The maximum absolute atomic E-state index is 13.3. The molecule has 0 radical (unpaired) electrons. The Morgan fingerprint density at radius 1 is 0.957 bits per heavy atom. The number of halogens is 1. The number of hydrogen-bond acceptors (Lipinski definition) is 3. The molecule has 5 heteroatoms. The summed E-state index contributed by atoms with van der Waals surface area (Å²) in [7, 11) is 0. The van der Waals surface area contributed by atoms with E-state index in [0.717, 1.165) is 11.1 Å². The van der Waals surface area contributed by atoms with Crippen molar-refractivity contribution in [3.63, 3.8) is 0 Å². The molecule has 0 aliphatic carbocycles. The molecule has 120 valence electrons. The van der Waals surface area contributed by atoms with Crippen LogP contribution in [0.25, 0.3) is 16.7 Å². The summed E-state index contributed by atoms with van der Waals surface area (Å²) in [6.45, 7) is 8.27. The Kier molecular flexibility index (Phi) is 3.80. The quantitative estimate of drug-likeness (QED) is 0.774. The minimum absolute atomic E-state index is 0.171. The maximum atomic E-state index is 13.3. The van der Waals surface area contributed by atoms with Gasteiger partial charge in [-0.05, 0) is 41.2 Å². The van der Waals surface area contributed by atoms with E-state index in [-0.39, 0.29) is 17.5 Å². The van der Waals surface area contributed by atoms with Gasteiger partial charge in [0.05, 0.1) is 0 Å². The molecule has 0 atom stereocenters. The lowest BCUT2D eigenvalue weighted by Gasteiger charge is -2.16.